The van der Waals surface area contributed by atoms with E-state index in [0.717, 1.165) is 15.7 Å². The lowest BCUT2D eigenvalue weighted by Crippen LogP contribution is -2.00. The van der Waals surface area contributed by atoms with E-state index in [1.165, 1.54) is 16.0 Å². The summed E-state index contributed by atoms with van der Waals surface area (Å²) in [6.07, 6.45) is 2.03. The Hall–Kier alpha value is -1.30. The molecule has 0 fully saturated rings. The van der Waals surface area contributed by atoms with Crippen LogP contribution in [0.2, 0.25) is 0 Å². The van der Waals surface area contributed by atoms with Crippen LogP contribution in [0.5, 0.6) is 0 Å². The fourth-order valence-electron chi connectivity index (χ4n) is 1.97. The van der Waals surface area contributed by atoms with Crippen molar-refractivity contribution >= 4 is 28.1 Å². The molecule has 2 aromatic heterocycles. The molecule has 0 saturated carbocycles. The number of rotatable bonds is 3. The van der Waals surface area contributed by atoms with Crippen LogP contribution in [0.3, 0.4) is 0 Å². The Morgan fingerprint density at radius 3 is 2.89 bits per heavy atom. The highest BCUT2D eigenvalue weighted by atomic mass is 32.2. The van der Waals surface area contributed by atoms with E-state index in [9.17, 15) is 0 Å². The van der Waals surface area contributed by atoms with Crippen LogP contribution in [-0.4, -0.2) is 9.38 Å². The number of thiazole rings is 1. The average Bonchev–Trinajstić information content (AvgIpc) is 2.94. The van der Waals surface area contributed by atoms with Gasteiger partial charge in [0.2, 0.25) is 0 Å². The van der Waals surface area contributed by atoms with Gasteiger partial charge in [0.15, 0.2) is 4.96 Å². The number of fused-ring (bicyclic) bond motifs is 1. The first-order valence-electron chi connectivity index (χ1n) is 6.08. The molecular weight excluding hydrogens is 274 g/mol. The van der Waals surface area contributed by atoms with Crippen LogP contribution in [0.15, 0.2) is 39.7 Å². The number of nitrogens with two attached hydrogens (primary N) is 1. The van der Waals surface area contributed by atoms with Gasteiger partial charge in [0.1, 0.15) is 5.03 Å². The van der Waals surface area contributed by atoms with Gasteiger partial charge < -0.3 is 5.73 Å². The molecule has 0 bridgehead atoms. The van der Waals surface area contributed by atoms with Gasteiger partial charge in [-0.15, -0.1) is 11.3 Å². The maximum absolute atomic E-state index is 5.86. The number of benzene rings is 1. The van der Waals surface area contributed by atoms with E-state index < -0.39 is 0 Å². The van der Waals surface area contributed by atoms with Crippen molar-refractivity contribution in [1.29, 1.82) is 0 Å². The largest absolute Gasteiger partial charge is 0.325 e. The van der Waals surface area contributed by atoms with Crippen LogP contribution in [0, 0.1) is 13.8 Å². The van der Waals surface area contributed by atoms with E-state index in [1.807, 2.05) is 11.6 Å². The van der Waals surface area contributed by atoms with Gasteiger partial charge in [-0.05, 0) is 37.1 Å². The number of imidazole rings is 1. The van der Waals surface area contributed by atoms with Gasteiger partial charge >= 0.3 is 0 Å². The third-order valence-electron chi connectivity index (χ3n) is 3.21. The number of aryl methyl sites for hydroxylation is 2. The summed E-state index contributed by atoms with van der Waals surface area (Å²) < 4.78 is 2.08. The third-order valence-corrected chi connectivity index (χ3v) is 4.98. The first-order chi connectivity index (χ1) is 9.19. The topological polar surface area (TPSA) is 43.3 Å². The molecule has 0 atom stereocenters. The van der Waals surface area contributed by atoms with Crippen LogP contribution in [0.1, 0.15) is 16.8 Å². The van der Waals surface area contributed by atoms with Crippen LogP contribution in [-0.2, 0) is 6.54 Å². The number of nitrogens with zero attached hydrogens (tertiary/aromatic N) is 2. The molecule has 2 heterocycles. The minimum Gasteiger partial charge on any atom is -0.325 e. The van der Waals surface area contributed by atoms with E-state index >= 15 is 0 Å². The molecule has 2 N–H and O–H groups in total. The average molecular weight is 289 g/mol. The Kier molecular flexibility index (Phi) is 3.35. The SMILES string of the molecule is Cc1ccc(Sc2nc3sccn3c2CN)cc1C. The summed E-state index contributed by atoms with van der Waals surface area (Å²) in [6, 6.07) is 6.49. The molecule has 19 heavy (non-hydrogen) atoms. The Bertz CT molecular complexity index is 727. The quantitative estimate of drug-likeness (QED) is 0.801. The summed E-state index contributed by atoms with van der Waals surface area (Å²) in [5.74, 6) is 0. The van der Waals surface area contributed by atoms with Crippen LogP contribution >= 0.6 is 23.1 Å². The minimum absolute atomic E-state index is 0.505. The Morgan fingerprint density at radius 2 is 2.16 bits per heavy atom. The highest BCUT2D eigenvalue weighted by Crippen LogP contribution is 2.32. The van der Waals surface area contributed by atoms with Gasteiger partial charge in [-0.2, -0.15) is 0 Å². The molecule has 0 aliphatic rings. The van der Waals surface area contributed by atoms with Crippen molar-refractivity contribution < 1.29 is 0 Å². The smallest absolute Gasteiger partial charge is 0.194 e. The van der Waals surface area contributed by atoms with Crippen molar-refractivity contribution in [1.82, 2.24) is 9.38 Å². The molecule has 0 saturated heterocycles. The molecule has 3 nitrogen and oxygen atoms in total. The summed E-state index contributed by atoms with van der Waals surface area (Å²) in [7, 11) is 0. The van der Waals surface area contributed by atoms with E-state index in [2.05, 4.69) is 41.4 Å². The molecule has 1 aromatic carbocycles. The van der Waals surface area contributed by atoms with Gasteiger partial charge in [0.25, 0.3) is 0 Å². The summed E-state index contributed by atoms with van der Waals surface area (Å²) in [6.45, 7) is 4.77. The number of hydrogen-bond acceptors (Lipinski definition) is 4. The van der Waals surface area contributed by atoms with Crippen molar-refractivity contribution in [2.45, 2.75) is 30.3 Å². The summed E-state index contributed by atoms with van der Waals surface area (Å²) in [5.41, 5.74) is 9.56. The predicted octanol–water partition coefficient (Wildman–Crippen LogP) is 3.62. The van der Waals surface area contributed by atoms with Crippen molar-refractivity contribution in [2.24, 2.45) is 5.73 Å². The van der Waals surface area contributed by atoms with Gasteiger partial charge in [0, 0.05) is 23.0 Å². The van der Waals surface area contributed by atoms with E-state index in [4.69, 9.17) is 5.73 Å². The molecule has 0 aliphatic heterocycles. The predicted molar refractivity (Wildman–Crippen MR) is 81.0 cm³/mol. The van der Waals surface area contributed by atoms with Gasteiger partial charge in [-0.1, -0.05) is 17.8 Å². The van der Waals surface area contributed by atoms with Crippen molar-refractivity contribution in [2.75, 3.05) is 0 Å². The van der Waals surface area contributed by atoms with E-state index in [-0.39, 0.29) is 0 Å². The first-order valence-corrected chi connectivity index (χ1v) is 7.78. The fraction of sp³-hybridized carbons (Fsp3) is 0.214. The first kappa shape index (κ1) is 12.7. The monoisotopic (exact) mass is 289 g/mol. The van der Waals surface area contributed by atoms with E-state index in [1.54, 1.807) is 23.1 Å². The maximum Gasteiger partial charge on any atom is 0.194 e. The normalized spacial score (nSPS) is 11.3. The second-order valence-electron chi connectivity index (χ2n) is 4.47. The summed E-state index contributed by atoms with van der Waals surface area (Å²) in [5, 5.41) is 3.05. The van der Waals surface area contributed by atoms with Crippen LogP contribution in [0.25, 0.3) is 4.96 Å². The van der Waals surface area contributed by atoms with Gasteiger partial charge in [-0.3, -0.25) is 4.40 Å². The van der Waals surface area contributed by atoms with Crippen molar-refractivity contribution in [3.63, 3.8) is 0 Å². The Balaban J connectivity index is 2.00. The number of aromatic nitrogens is 2. The Labute approximate surface area is 120 Å². The molecular formula is C14H15N3S2. The molecule has 0 unspecified atom stereocenters. The lowest BCUT2D eigenvalue weighted by Gasteiger charge is -2.04. The van der Waals surface area contributed by atoms with E-state index in [0.29, 0.717) is 6.54 Å². The Morgan fingerprint density at radius 1 is 1.32 bits per heavy atom. The van der Waals surface area contributed by atoms with Crippen LogP contribution in [0.4, 0.5) is 0 Å². The second kappa shape index (κ2) is 5.00. The highest BCUT2D eigenvalue weighted by Gasteiger charge is 2.13. The molecule has 0 spiro atoms. The highest BCUT2D eigenvalue weighted by molar-refractivity contribution is 7.99. The summed E-state index contributed by atoms with van der Waals surface area (Å²) in [4.78, 5) is 6.87. The van der Waals surface area contributed by atoms with Gasteiger partial charge in [-0.25, -0.2) is 4.98 Å². The standard InChI is InChI=1S/C14H15N3S2/c1-9-3-4-11(7-10(9)2)19-13-12(8-15)17-5-6-18-14(17)16-13/h3-7H,8,15H2,1-2H3. The van der Waals surface area contributed by atoms with Crippen molar-refractivity contribution in [3.8, 4) is 0 Å². The molecule has 0 aliphatic carbocycles. The zero-order chi connectivity index (χ0) is 13.4. The molecule has 98 valence electrons. The van der Waals surface area contributed by atoms with Crippen molar-refractivity contribution in [3.05, 3.63) is 46.6 Å². The molecule has 0 amide bonds. The second-order valence-corrected chi connectivity index (χ2v) is 6.41. The van der Waals surface area contributed by atoms with Crippen LogP contribution < -0.4 is 5.73 Å². The third kappa shape index (κ3) is 2.29. The fourth-order valence-corrected chi connectivity index (χ4v) is 3.79. The number of hydrogen-bond donors (Lipinski definition) is 1. The zero-order valence-corrected chi connectivity index (χ0v) is 12.5. The molecule has 3 aromatic rings. The summed E-state index contributed by atoms with van der Waals surface area (Å²) >= 11 is 3.32. The molecule has 3 rings (SSSR count). The lowest BCUT2D eigenvalue weighted by molar-refractivity contribution is 0.924. The van der Waals surface area contributed by atoms with Gasteiger partial charge in [0.05, 0.1) is 5.69 Å². The minimum atomic E-state index is 0.505. The molecule has 0 radical (unpaired) electrons. The zero-order valence-electron chi connectivity index (χ0n) is 10.9. The lowest BCUT2D eigenvalue weighted by atomic mass is 10.1. The molecule has 5 heteroatoms. The maximum atomic E-state index is 5.86.